The summed E-state index contributed by atoms with van der Waals surface area (Å²) in [7, 11) is -2.10. The number of amides is 1. The molecule has 0 aliphatic carbocycles. The highest BCUT2D eigenvalue weighted by atomic mass is 32.2. The second-order valence-electron chi connectivity index (χ2n) is 8.38. The zero-order chi connectivity index (χ0) is 23.6. The maximum atomic E-state index is 13.1. The Hall–Kier alpha value is -2.76. The van der Waals surface area contributed by atoms with Crippen LogP contribution in [0.5, 0.6) is 0 Å². The lowest BCUT2D eigenvalue weighted by atomic mass is 10.1. The minimum atomic E-state index is -3.56. The molecule has 0 bridgehead atoms. The van der Waals surface area contributed by atoms with E-state index < -0.39 is 10.0 Å². The summed E-state index contributed by atoms with van der Waals surface area (Å²) in [6, 6.07) is 7.19. The third kappa shape index (κ3) is 4.80. The fourth-order valence-electron chi connectivity index (χ4n) is 4.34. The number of sulfonamides is 1. The molecule has 1 saturated heterocycles. The molecule has 2 aliphatic rings. The summed E-state index contributed by atoms with van der Waals surface area (Å²) in [6.45, 7) is 4.35. The van der Waals surface area contributed by atoms with E-state index in [0.717, 1.165) is 32.5 Å². The Bertz CT molecular complexity index is 1140. The van der Waals surface area contributed by atoms with Gasteiger partial charge in [0.15, 0.2) is 0 Å². The lowest BCUT2D eigenvalue weighted by Gasteiger charge is -2.34. The molecular formula is C22H28FN5O4S. The van der Waals surface area contributed by atoms with Crippen molar-refractivity contribution in [1.29, 1.82) is 0 Å². The summed E-state index contributed by atoms with van der Waals surface area (Å²) in [6.07, 6.45) is 3.48. The molecular weight excluding hydrogens is 449 g/mol. The maximum absolute atomic E-state index is 13.1. The summed E-state index contributed by atoms with van der Waals surface area (Å²) in [4.78, 5) is 16.8. The summed E-state index contributed by atoms with van der Waals surface area (Å²) >= 11 is 0. The highest BCUT2D eigenvalue weighted by molar-refractivity contribution is 7.89. The zero-order valence-electron chi connectivity index (χ0n) is 18.5. The van der Waals surface area contributed by atoms with Crippen LogP contribution in [0.3, 0.4) is 0 Å². The number of unbranched alkanes of at least 4 members (excludes halogenated alkanes) is 1. The molecule has 0 radical (unpaired) electrons. The average Bonchev–Trinajstić information content (AvgIpc) is 3.25. The van der Waals surface area contributed by atoms with Crippen LogP contribution in [0.2, 0.25) is 0 Å². The van der Waals surface area contributed by atoms with Crippen molar-refractivity contribution in [2.75, 3.05) is 46.3 Å². The topological polar surface area (TPSA) is 98.4 Å². The smallest absolute Gasteiger partial charge is 0.253 e. The molecule has 4 rings (SSSR count). The molecule has 0 atom stereocenters. The van der Waals surface area contributed by atoms with Crippen LogP contribution in [0.1, 0.15) is 28.9 Å². The van der Waals surface area contributed by atoms with Crippen molar-refractivity contribution in [3.63, 3.8) is 0 Å². The molecule has 1 N–H and O–H groups in total. The van der Waals surface area contributed by atoms with Crippen molar-refractivity contribution < 1.29 is 22.8 Å². The number of fused-ring (bicyclic) bond motifs is 1. The van der Waals surface area contributed by atoms with E-state index in [1.54, 1.807) is 17.2 Å². The Kier molecular flexibility index (Phi) is 6.82. The molecule has 1 fully saturated rings. The van der Waals surface area contributed by atoms with Gasteiger partial charge < -0.3 is 14.7 Å². The Morgan fingerprint density at radius 2 is 1.73 bits per heavy atom. The molecule has 11 heteroatoms. The zero-order valence-corrected chi connectivity index (χ0v) is 19.3. The van der Waals surface area contributed by atoms with Gasteiger partial charge in [0, 0.05) is 51.5 Å². The molecule has 2 aliphatic heterocycles. The maximum Gasteiger partial charge on any atom is 0.253 e. The summed E-state index contributed by atoms with van der Waals surface area (Å²) in [5.41, 5.74) is 1.30. The monoisotopic (exact) mass is 477 g/mol. The number of oxime groups is 1. The quantitative estimate of drug-likeness (QED) is 0.388. The van der Waals surface area contributed by atoms with Gasteiger partial charge in [-0.25, -0.2) is 12.8 Å². The van der Waals surface area contributed by atoms with Gasteiger partial charge in [0.25, 0.3) is 5.91 Å². The molecule has 33 heavy (non-hydrogen) atoms. The van der Waals surface area contributed by atoms with Gasteiger partial charge in [-0.1, -0.05) is 5.16 Å². The largest absolute Gasteiger partial charge is 0.411 e. The van der Waals surface area contributed by atoms with E-state index >= 15 is 0 Å². The van der Waals surface area contributed by atoms with Crippen molar-refractivity contribution >= 4 is 21.6 Å². The van der Waals surface area contributed by atoms with Gasteiger partial charge in [0.2, 0.25) is 10.0 Å². The predicted molar refractivity (Wildman–Crippen MR) is 121 cm³/mol. The number of carbonyl (C=O) groups excluding carboxylic acids is 1. The fourth-order valence-corrected chi connectivity index (χ4v) is 5.68. The summed E-state index contributed by atoms with van der Waals surface area (Å²) < 4.78 is 41.1. The van der Waals surface area contributed by atoms with Gasteiger partial charge in [-0.05, 0) is 49.7 Å². The third-order valence-electron chi connectivity index (χ3n) is 6.26. The van der Waals surface area contributed by atoms with E-state index in [0.29, 0.717) is 36.6 Å². The summed E-state index contributed by atoms with van der Waals surface area (Å²) in [5, 5.41) is 12.7. The SMILES string of the molecule is CN1C/C(=N/O)c2c(ccn2CCCCN2CCN(C(=O)c3ccc(F)cc3)CC2)S1(=O)=O. The van der Waals surface area contributed by atoms with E-state index in [-0.39, 0.29) is 23.2 Å². The van der Waals surface area contributed by atoms with Crippen LogP contribution in [-0.2, 0) is 16.6 Å². The van der Waals surface area contributed by atoms with E-state index in [9.17, 15) is 22.8 Å². The lowest BCUT2D eigenvalue weighted by Crippen LogP contribution is -2.48. The first kappa shape index (κ1) is 23.4. The molecule has 3 heterocycles. The Labute approximate surface area is 192 Å². The predicted octanol–water partition coefficient (Wildman–Crippen LogP) is 1.68. The Balaban J connectivity index is 1.26. The van der Waals surface area contributed by atoms with Gasteiger partial charge in [-0.2, -0.15) is 4.31 Å². The van der Waals surface area contributed by atoms with Crippen molar-refractivity contribution in [3.05, 3.63) is 53.6 Å². The third-order valence-corrected chi connectivity index (χ3v) is 8.09. The average molecular weight is 478 g/mol. The number of benzene rings is 1. The van der Waals surface area contributed by atoms with Crippen LogP contribution in [0, 0.1) is 5.82 Å². The van der Waals surface area contributed by atoms with E-state index in [2.05, 4.69) is 10.1 Å². The molecule has 2 aromatic rings. The molecule has 9 nitrogen and oxygen atoms in total. The van der Waals surface area contributed by atoms with E-state index in [1.165, 1.54) is 35.6 Å². The first-order chi connectivity index (χ1) is 15.8. The molecule has 1 amide bonds. The van der Waals surface area contributed by atoms with Gasteiger partial charge in [-0.3, -0.25) is 9.69 Å². The number of piperazine rings is 1. The Morgan fingerprint density at radius 1 is 1.06 bits per heavy atom. The molecule has 0 saturated carbocycles. The highest BCUT2D eigenvalue weighted by Crippen LogP contribution is 2.27. The molecule has 178 valence electrons. The van der Waals surface area contributed by atoms with Crippen LogP contribution in [0.15, 0.2) is 46.6 Å². The number of aromatic nitrogens is 1. The Morgan fingerprint density at radius 3 is 2.39 bits per heavy atom. The number of aryl methyl sites for hydroxylation is 1. The second kappa shape index (κ2) is 9.62. The molecule has 0 unspecified atom stereocenters. The van der Waals surface area contributed by atoms with Crippen LogP contribution in [-0.4, -0.2) is 90.2 Å². The second-order valence-corrected chi connectivity index (χ2v) is 10.4. The van der Waals surface area contributed by atoms with Crippen LogP contribution in [0.4, 0.5) is 4.39 Å². The van der Waals surface area contributed by atoms with Gasteiger partial charge in [-0.15, -0.1) is 0 Å². The van der Waals surface area contributed by atoms with Crippen molar-refractivity contribution in [2.24, 2.45) is 5.16 Å². The van der Waals surface area contributed by atoms with Gasteiger partial charge >= 0.3 is 0 Å². The van der Waals surface area contributed by atoms with E-state index in [1.807, 2.05) is 4.57 Å². The number of rotatable bonds is 6. The summed E-state index contributed by atoms with van der Waals surface area (Å²) in [5.74, 6) is -0.431. The first-order valence-corrected chi connectivity index (χ1v) is 12.4. The first-order valence-electron chi connectivity index (χ1n) is 10.9. The number of likely N-dealkylation sites (N-methyl/N-ethyl adjacent to an activating group) is 1. The van der Waals surface area contributed by atoms with E-state index in [4.69, 9.17) is 0 Å². The van der Waals surface area contributed by atoms with Crippen LogP contribution >= 0.6 is 0 Å². The molecule has 0 spiro atoms. The van der Waals surface area contributed by atoms with Crippen molar-refractivity contribution in [1.82, 2.24) is 18.7 Å². The number of hydrogen-bond donors (Lipinski definition) is 1. The number of halogens is 1. The molecule has 1 aromatic carbocycles. The van der Waals surface area contributed by atoms with Crippen LogP contribution in [0.25, 0.3) is 0 Å². The van der Waals surface area contributed by atoms with Gasteiger partial charge in [0.05, 0.1) is 12.2 Å². The van der Waals surface area contributed by atoms with Crippen molar-refractivity contribution in [2.45, 2.75) is 24.3 Å². The van der Waals surface area contributed by atoms with Gasteiger partial charge in [0.1, 0.15) is 16.4 Å². The van der Waals surface area contributed by atoms with Crippen LogP contribution < -0.4 is 0 Å². The number of hydrogen-bond acceptors (Lipinski definition) is 6. The number of nitrogens with zero attached hydrogens (tertiary/aromatic N) is 5. The molecule has 1 aromatic heterocycles. The minimum Gasteiger partial charge on any atom is -0.411 e. The fraction of sp³-hybridized carbons (Fsp3) is 0.455. The van der Waals surface area contributed by atoms with Crippen molar-refractivity contribution in [3.8, 4) is 0 Å². The lowest BCUT2D eigenvalue weighted by molar-refractivity contribution is 0.0635. The number of carbonyl (C=O) groups is 1. The standard InChI is InChI=1S/C22H28FN5O4S/c1-25-16-19(24-30)21-20(33(25,31)32)8-11-27(21)10-3-2-9-26-12-14-28(15-13-26)22(29)17-4-6-18(23)7-5-17/h4-8,11,30H,2-3,9-10,12-16H2,1H3/b24-19-. The normalized spacial score (nSPS) is 20.2. The highest BCUT2D eigenvalue weighted by Gasteiger charge is 2.35. The minimum absolute atomic E-state index is 0.0385.